The van der Waals surface area contributed by atoms with Crippen LogP contribution in [0.1, 0.15) is 21.5 Å². The third-order valence-corrected chi connectivity index (χ3v) is 6.53. The van der Waals surface area contributed by atoms with Crippen LogP contribution in [0.4, 0.5) is 5.69 Å². The number of rotatable bonds is 6. The Kier molecular flexibility index (Phi) is 6.33. The molecule has 0 aliphatic carbocycles. The van der Waals surface area contributed by atoms with E-state index in [1.807, 2.05) is 36.4 Å². The van der Waals surface area contributed by atoms with E-state index in [2.05, 4.69) is 21.9 Å². The Balaban J connectivity index is 1.32. The topological polar surface area (TPSA) is 71.5 Å². The van der Waals surface area contributed by atoms with Crippen LogP contribution in [0.2, 0.25) is 0 Å². The number of nitrogens with zero attached hydrogens (tertiary/aromatic N) is 2. The number of aromatic hydroxyl groups is 1. The van der Waals surface area contributed by atoms with E-state index in [0.29, 0.717) is 29.2 Å². The molecule has 0 atom stereocenters. The summed E-state index contributed by atoms with van der Waals surface area (Å²) >= 11 is 0. The molecule has 0 amide bonds. The lowest BCUT2D eigenvalue weighted by Gasteiger charge is -2.36. The van der Waals surface area contributed by atoms with E-state index < -0.39 is 0 Å². The van der Waals surface area contributed by atoms with Crippen LogP contribution in [0, 0.1) is 0 Å². The maximum absolute atomic E-state index is 13.1. The summed E-state index contributed by atoms with van der Waals surface area (Å²) in [5, 5.41) is 10.6. The number of para-hydroxylation sites is 1. The number of methoxy groups -OCH3 is 2. The molecule has 35 heavy (non-hydrogen) atoms. The average molecular weight is 473 g/mol. The number of carbonyl (C=O) groups is 1. The number of phenolic OH excluding ortho intramolecular Hbond substituents is 1. The number of ether oxygens (including phenoxy) is 3. The van der Waals surface area contributed by atoms with Crippen LogP contribution >= 0.6 is 0 Å². The van der Waals surface area contributed by atoms with E-state index in [1.54, 1.807) is 32.4 Å². The Morgan fingerprint density at radius 3 is 2.40 bits per heavy atom. The number of phenols is 1. The first-order valence-electron chi connectivity index (χ1n) is 11.6. The van der Waals surface area contributed by atoms with Gasteiger partial charge in [0, 0.05) is 44.0 Å². The first-order valence-corrected chi connectivity index (χ1v) is 11.6. The van der Waals surface area contributed by atoms with Gasteiger partial charge in [-0.25, -0.2) is 0 Å². The van der Waals surface area contributed by atoms with Gasteiger partial charge in [0.05, 0.1) is 25.3 Å². The van der Waals surface area contributed by atoms with Gasteiger partial charge < -0.3 is 24.2 Å². The van der Waals surface area contributed by atoms with Gasteiger partial charge in [0.15, 0.2) is 5.76 Å². The third-order valence-electron chi connectivity index (χ3n) is 6.53. The van der Waals surface area contributed by atoms with E-state index in [9.17, 15) is 9.90 Å². The van der Waals surface area contributed by atoms with Crippen LogP contribution in [-0.4, -0.2) is 56.2 Å². The number of piperazine rings is 1. The standard InChI is InChI=1S/C28H28N2O5/c1-33-21-9-7-20(8-10-21)30-15-13-29(14-16-30)18-23-24(31)12-11-22-27(32)26(35-28(22)23)17-19-5-3-4-6-25(19)34-2/h3-12,17,31H,13-16,18H2,1-2H3/b26-17-. The maximum Gasteiger partial charge on any atom is 0.231 e. The molecule has 3 aromatic carbocycles. The fourth-order valence-corrected chi connectivity index (χ4v) is 4.56. The maximum atomic E-state index is 13.1. The molecule has 0 spiro atoms. The highest BCUT2D eigenvalue weighted by Gasteiger charge is 2.32. The van der Waals surface area contributed by atoms with E-state index >= 15 is 0 Å². The normalized spacial score (nSPS) is 16.8. The van der Waals surface area contributed by atoms with Crippen molar-refractivity contribution in [2.45, 2.75) is 6.54 Å². The van der Waals surface area contributed by atoms with E-state index in [4.69, 9.17) is 14.2 Å². The summed E-state index contributed by atoms with van der Waals surface area (Å²) in [6.07, 6.45) is 1.69. The van der Waals surface area contributed by atoms with Crippen LogP contribution < -0.4 is 19.1 Å². The van der Waals surface area contributed by atoms with Gasteiger partial charge in [-0.3, -0.25) is 9.69 Å². The van der Waals surface area contributed by atoms with Crippen molar-refractivity contribution >= 4 is 17.5 Å². The Bertz CT molecular complexity index is 1260. The lowest BCUT2D eigenvalue weighted by molar-refractivity contribution is 0.101. The van der Waals surface area contributed by atoms with Crippen molar-refractivity contribution in [1.29, 1.82) is 0 Å². The fourth-order valence-electron chi connectivity index (χ4n) is 4.56. The minimum absolute atomic E-state index is 0.132. The SMILES string of the molecule is COc1ccc(N2CCN(Cc3c(O)ccc4c3O/C(=C\c3ccccc3OC)C4=O)CC2)cc1. The third kappa shape index (κ3) is 4.55. The number of benzene rings is 3. The molecule has 2 aliphatic heterocycles. The van der Waals surface area contributed by atoms with Crippen LogP contribution in [0.25, 0.3) is 6.08 Å². The van der Waals surface area contributed by atoms with Crippen LogP contribution in [-0.2, 0) is 6.54 Å². The number of ketones is 1. The molecule has 0 unspecified atom stereocenters. The fraction of sp³-hybridized carbons (Fsp3) is 0.250. The zero-order valence-corrected chi connectivity index (χ0v) is 19.9. The van der Waals surface area contributed by atoms with Crippen molar-refractivity contribution in [3.05, 3.63) is 83.1 Å². The van der Waals surface area contributed by atoms with Crippen molar-refractivity contribution < 1.29 is 24.1 Å². The number of fused-ring (bicyclic) bond motifs is 1. The highest BCUT2D eigenvalue weighted by molar-refractivity contribution is 6.15. The average Bonchev–Trinajstić information content (AvgIpc) is 3.21. The molecule has 0 aromatic heterocycles. The molecule has 0 radical (unpaired) electrons. The number of hydrogen-bond acceptors (Lipinski definition) is 7. The molecule has 7 heteroatoms. The molecule has 5 rings (SSSR count). The molecular weight excluding hydrogens is 444 g/mol. The van der Waals surface area contributed by atoms with E-state index in [1.165, 1.54) is 0 Å². The molecule has 2 heterocycles. The Hall–Kier alpha value is -3.97. The second kappa shape index (κ2) is 9.72. The summed E-state index contributed by atoms with van der Waals surface area (Å²) < 4.78 is 16.7. The van der Waals surface area contributed by atoms with Gasteiger partial charge in [-0.2, -0.15) is 0 Å². The van der Waals surface area contributed by atoms with Gasteiger partial charge in [0.1, 0.15) is 23.0 Å². The molecular formula is C28H28N2O5. The van der Waals surface area contributed by atoms with Crippen molar-refractivity contribution in [3.63, 3.8) is 0 Å². The zero-order valence-electron chi connectivity index (χ0n) is 19.9. The molecule has 3 aromatic rings. The van der Waals surface area contributed by atoms with Crippen LogP contribution in [0.3, 0.4) is 0 Å². The Labute approximate surface area is 204 Å². The van der Waals surface area contributed by atoms with Gasteiger partial charge in [-0.1, -0.05) is 18.2 Å². The number of Topliss-reactive ketones (excluding diaryl/α,β-unsaturated/α-hetero) is 1. The van der Waals surface area contributed by atoms with Crippen LogP contribution in [0.5, 0.6) is 23.0 Å². The largest absolute Gasteiger partial charge is 0.507 e. The minimum atomic E-state index is -0.198. The smallest absolute Gasteiger partial charge is 0.231 e. The van der Waals surface area contributed by atoms with Crippen molar-refractivity contribution in [2.75, 3.05) is 45.3 Å². The van der Waals surface area contributed by atoms with Crippen molar-refractivity contribution in [2.24, 2.45) is 0 Å². The van der Waals surface area contributed by atoms with E-state index in [-0.39, 0.29) is 17.3 Å². The molecule has 0 saturated carbocycles. The minimum Gasteiger partial charge on any atom is -0.507 e. The van der Waals surface area contributed by atoms with Gasteiger partial charge in [-0.15, -0.1) is 0 Å². The summed E-state index contributed by atoms with van der Waals surface area (Å²) in [5.74, 6) is 2.10. The molecule has 0 bridgehead atoms. The zero-order chi connectivity index (χ0) is 24.4. The molecule has 180 valence electrons. The lowest BCUT2D eigenvalue weighted by Crippen LogP contribution is -2.46. The Morgan fingerprint density at radius 1 is 0.943 bits per heavy atom. The quantitative estimate of drug-likeness (QED) is 0.535. The Morgan fingerprint density at radius 2 is 1.69 bits per heavy atom. The predicted octanol–water partition coefficient (Wildman–Crippen LogP) is 4.35. The van der Waals surface area contributed by atoms with Gasteiger partial charge >= 0.3 is 0 Å². The van der Waals surface area contributed by atoms with Crippen LogP contribution in [0.15, 0.2) is 66.4 Å². The highest BCUT2D eigenvalue weighted by Crippen LogP contribution is 2.40. The van der Waals surface area contributed by atoms with Gasteiger partial charge in [0.2, 0.25) is 5.78 Å². The monoisotopic (exact) mass is 472 g/mol. The van der Waals surface area contributed by atoms with Crippen molar-refractivity contribution in [3.8, 4) is 23.0 Å². The van der Waals surface area contributed by atoms with Gasteiger partial charge in [-0.05, 0) is 48.5 Å². The first kappa shape index (κ1) is 22.8. The second-order valence-corrected chi connectivity index (χ2v) is 8.58. The molecule has 1 N–H and O–H groups in total. The van der Waals surface area contributed by atoms with Gasteiger partial charge in [0.25, 0.3) is 0 Å². The predicted molar refractivity (Wildman–Crippen MR) is 135 cm³/mol. The summed E-state index contributed by atoms with van der Waals surface area (Å²) in [5.41, 5.74) is 3.02. The lowest BCUT2D eigenvalue weighted by atomic mass is 10.0. The van der Waals surface area contributed by atoms with Crippen molar-refractivity contribution in [1.82, 2.24) is 4.90 Å². The molecule has 2 aliphatic rings. The number of anilines is 1. The highest BCUT2D eigenvalue weighted by atomic mass is 16.5. The summed E-state index contributed by atoms with van der Waals surface area (Å²) in [4.78, 5) is 17.7. The van der Waals surface area contributed by atoms with E-state index in [0.717, 1.165) is 43.2 Å². The molecule has 1 fully saturated rings. The first-order chi connectivity index (χ1) is 17.1. The second-order valence-electron chi connectivity index (χ2n) is 8.58. The number of allylic oxidation sites excluding steroid dienone is 1. The molecule has 7 nitrogen and oxygen atoms in total. The summed E-state index contributed by atoms with van der Waals surface area (Å²) in [7, 11) is 3.26. The summed E-state index contributed by atoms with van der Waals surface area (Å²) in [6, 6.07) is 18.7. The number of hydrogen-bond donors (Lipinski definition) is 1. The summed E-state index contributed by atoms with van der Waals surface area (Å²) in [6.45, 7) is 3.88. The molecule has 1 saturated heterocycles. The number of carbonyl (C=O) groups excluding carboxylic acids is 1.